The molecule has 14 atom stereocenters. The normalized spacial score (nSPS) is 30.4. The predicted molar refractivity (Wildman–Crippen MR) is 392 cm³/mol. The number of sulfone groups is 1. The van der Waals surface area contributed by atoms with E-state index in [0.717, 1.165) is 138 Å². The number of fused-ring (bicyclic) bond motifs is 2. The van der Waals surface area contributed by atoms with Crippen molar-refractivity contribution >= 4 is 35.9 Å². The second-order valence-electron chi connectivity index (χ2n) is 26.1. The molecule has 550 valence electrons. The highest BCUT2D eigenvalue weighted by Crippen LogP contribution is 2.51. The molecule has 1 aliphatic heterocycles. The van der Waals surface area contributed by atoms with Gasteiger partial charge in [0.15, 0.2) is 0 Å². The largest absolute Gasteiger partial charge is 0.396 e. The summed E-state index contributed by atoms with van der Waals surface area (Å²) in [6.45, 7) is 48.1. The Hall–Kier alpha value is -0.760. The molecule has 8 fully saturated rings. The number of hydrogen-bond acceptors (Lipinski definition) is 11. The molecule has 90 heavy (non-hydrogen) atoms. The number of aliphatic hydroxyl groups excluding tert-OH is 3. The van der Waals surface area contributed by atoms with Crippen molar-refractivity contribution in [1.82, 2.24) is 9.44 Å². The molecule has 7 saturated carbocycles. The topological polar surface area (TPSA) is 239 Å². The maximum atomic E-state index is 11.5. The van der Waals surface area contributed by atoms with Crippen LogP contribution in [0.3, 0.4) is 0 Å². The molecule has 8 rings (SSSR count). The lowest BCUT2D eigenvalue weighted by molar-refractivity contribution is -0.124. The van der Waals surface area contributed by atoms with Gasteiger partial charge in [0, 0.05) is 51.0 Å². The summed E-state index contributed by atoms with van der Waals surface area (Å²) >= 11 is 0. The van der Waals surface area contributed by atoms with Crippen LogP contribution in [0.15, 0.2) is 0 Å². The molecule has 14 nitrogen and oxygen atoms in total. The molecule has 7 aliphatic carbocycles. The van der Waals surface area contributed by atoms with Gasteiger partial charge in [0.25, 0.3) is 10.2 Å². The van der Waals surface area contributed by atoms with Crippen LogP contribution in [0.25, 0.3) is 0 Å². The van der Waals surface area contributed by atoms with Crippen molar-refractivity contribution in [3.8, 4) is 0 Å². The van der Waals surface area contributed by atoms with Crippen LogP contribution in [0.2, 0.25) is 0 Å². The summed E-state index contributed by atoms with van der Waals surface area (Å²) in [7, 11) is -9.24. The fourth-order valence-electron chi connectivity index (χ4n) is 13.6. The van der Waals surface area contributed by atoms with Crippen molar-refractivity contribution in [2.45, 2.75) is 343 Å². The van der Waals surface area contributed by atoms with Crippen molar-refractivity contribution in [3.63, 3.8) is 0 Å². The summed E-state index contributed by atoms with van der Waals surface area (Å²) < 4.78 is 75.5. The van der Waals surface area contributed by atoms with Crippen molar-refractivity contribution < 1.29 is 50.1 Å². The summed E-state index contributed by atoms with van der Waals surface area (Å²) in [5, 5.41) is 31.3. The highest BCUT2D eigenvalue weighted by Gasteiger charge is 2.43. The van der Waals surface area contributed by atoms with Crippen LogP contribution in [-0.2, 0) is 39.6 Å². The molecule has 8 aliphatic rings. The van der Waals surface area contributed by atoms with Gasteiger partial charge in [-0.25, -0.2) is 31.4 Å². The summed E-state index contributed by atoms with van der Waals surface area (Å²) in [4.78, 5) is 11.5. The van der Waals surface area contributed by atoms with Gasteiger partial charge < -0.3 is 20.1 Å². The minimum absolute atomic E-state index is 0.0498. The Morgan fingerprint density at radius 1 is 0.489 bits per heavy atom. The number of ketones is 1. The highest BCUT2D eigenvalue weighted by molar-refractivity contribution is 7.91. The smallest absolute Gasteiger partial charge is 0.274 e. The summed E-state index contributed by atoms with van der Waals surface area (Å²) in [5.41, 5.74) is 0. The monoisotopic (exact) mass is 1350 g/mol. The summed E-state index contributed by atoms with van der Waals surface area (Å²) in [5.74, 6) is 9.86. The van der Waals surface area contributed by atoms with Gasteiger partial charge in [-0.15, -0.1) is 0 Å². The number of aliphatic hydroxyl groups is 3. The van der Waals surface area contributed by atoms with E-state index in [2.05, 4.69) is 64.8 Å². The van der Waals surface area contributed by atoms with E-state index in [0.29, 0.717) is 61.0 Å². The van der Waals surface area contributed by atoms with Gasteiger partial charge in [-0.3, -0.25) is 4.79 Å². The number of Topliss-reactive ketones (excluding diaryl/α,β-unsaturated/α-hetero) is 1. The first-order valence-electron chi connectivity index (χ1n) is 37.5. The Labute approximate surface area is 562 Å². The SMILES string of the molecule is CC.CC.CC.CC.CC.CC.CC.CC1CCC(CNS(N)(=O)=O)CC1.CCCC(=O)[C@H]1CCC[C@H](C)C1.C[C@@H]1CCC[C@@H](NS(C)(=O)=O)C1.C[C@@H]1CCC[C@@H](S(C)(=O)=O)C1.C[C@H]1CCC[C@H](CO)C1.C[C@H]1CCO[C@H](CO)C1.C[C@H]1C[C@H]2C[C@H](CO)[C@@H]1C2. The first kappa shape index (κ1) is 100. The van der Waals surface area contributed by atoms with Crippen LogP contribution in [-0.4, -0.2) is 109 Å². The lowest BCUT2D eigenvalue weighted by Crippen LogP contribution is -2.37. The maximum absolute atomic E-state index is 11.5. The molecule has 0 amide bonds. The average molecular weight is 1350 g/mol. The molecule has 0 unspecified atom stereocenters. The minimum Gasteiger partial charge on any atom is -0.396 e. The number of carbonyl (C=O) groups excluding carboxylic acids is 1. The van der Waals surface area contributed by atoms with E-state index < -0.39 is 30.1 Å². The molecule has 17 heteroatoms. The highest BCUT2D eigenvalue weighted by atomic mass is 32.2. The van der Waals surface area contributed by atoms with Crippen molar-refractivity contribution in [2.24, 2.45) is 82.1 Å². The van der Waals surface area contributed by atoms with Crippen LogP contribution in [0.1, 0.15) is 326 Å². The molecule has 0 aromatic rings. The first-order chi connectivity index (χ1) is 42.6. The molecule has 1 saturated heterocycles. The lowest BCUT2D eigenvalue weighted by Gasteiger charge is -2.26. The molecular formula is C73H159N3O11S3. The van der Waals surface area contributed by atoms with Crippen molar-refractivity contribution in [1.29, 1.82) is 0 Å². The molecule has 0 radical (unpaired) electrons. The number of rotatable bonds is 12. The average Bonchev–Trinajstić information content (AvgIpc) is 1.92. The third kappa shape index (κ3) is 54.4. The molecule has 7 N–H and O–H groups in total. The third-order valence-electron chi connectivity index (χ3n) is 18.1. The van der Waals surface area contributed by atoms with Gasteiger partial charge in [0.2, 0.25) is 10.0 Å². The zero-order chi connectivity index (χ0) is 71.1. The van der Waals surface area contributed by atoms with Crippen LogP contribution < -0.4 is 14.6 Å². The van der Waals surface area contributed by atoms with Gasteiger partial charge in [-0.05, 0) is 174 Å². The second kappa shape index (κ2) is 63.0. The molecule has 2 bridgehead atoms. The second-order valence-corrected chi connectivity index (χ2v) is 31.6. The number of sulfonamides is 1. The standard InChI is InChI=1S/C11H20O.C9H16O.C8H18N2O2S.C8H17NO2S.C8H16O2S.C8H16O.C7H14O2.7C2H6/c1-3-5-11(12)10-7-4-6-9(2)8-10;1-6-2-7-3-8(5-10)9(6)4-7;1-7-2-4-8(5-3-7)6-10-13(9,11)12;1-7-4-3-5-8(6-7)9-12(2,10)11;1-7-4-3-5-8(6-7)11(2,9)10;1-7-3-2-4-8(5-7)6-9;1-6-2-3-9-7(4-6)5-8;7*1-2/h9-10H,3-8H2,1-2H3;6-10H,2-5H2,1H3;7-8,10H,2-6H2,1H3,(H2,9,11,12);7-9H,3-6H2,1-2H3;7-8H,3-6H2,1-2H3;7-9H,2-6H2,1H3;6-8H,2-5H2,1H3;7*1-2H3/t9-,10-;6-,7-,8+,9+;;3*7-,8-;6-,7-;;;;;;;/m00.1100......./s1. The fourth-order valence-corrected chi connectivity index (χ4v) is 16.1. The van der Waals surface area contributed by atoms with E-state index in [1.165, 1.54) is 96.0 Å². The van der Waals surface area contributed by atoms with E-state index in [4.69, 9.17) is 25.2 Å². The van der Waals surface area contributed by atoms with Gasteiger partial charge in [-0.1, -0.05) is 217 Å². The Morgan fingerprint density at radius 3 is 1.32 bits per heavy atom. The third-order valence-corrected chi connectivity index (χ3v) is 21.0. The molecule has 1 heterocycles. The summed E-state index contributed by atoms with van der Waals surface area (Å²) in [6.07, 6.45) is 34.0. The molecule has 0 spiro atoms. The van der Waals surface area contributed by atoms with E-state index in [9.17, 15) is 30.0 Å². The Morgan fingerprint density at radius 2 is 0.967 bits per heavy atom. The van der Waals surface area contributed by atoms with E-state index >= 15 is 0 Å². The predicted octanol–water partition coefficient (Wildman–Crippen LogP) is 18.0. The van der Waals surface area contributed by atoms with Gasteiger partial charge >= 0.3 is 0 Å². The van der Waals surface area contributed by atoms with E-state index in [-0.39, 0.29) is 24.0 Å². The zero-order valence-electron chi connectivity index (χ0n) is 63.8. The Balaban J connectivity index is -0.000000222. The Kier molecular flexibility index (Phi) is 70.2. The van der Waals surface area contributed by atoms with E-state index in [1.807, 2.05) is 96.9 Å². The molecule has 0 aromatic heterocycles. The first-order valence-corrected chi connectivity index (χ1v) is 42.9. The van der Waals surface area contributed by atoms with Crippen LogP contribution in [0, 0.1) is 76.9 Å². The van der Waals surface area contributed by atoms with E-state index in [1.54, 1.807) is 0 Å². The number of nitrogens with two attached hydrogens (primary N) is 1. The quantitative estimate of drug-likeness (QED) is 0.107. The van der Waals surface area contributed by atoms with Gasteiger partial charge in [0.05, 0.1) is 24.2 Å². The zero-order valence-corrected chi connectivity index (χ0v) is 66.2. The van der Waals surface area contributed by atoms with Crippen molar-refractivity contribution in [3.05, 3.63) is 0 Å². The molecule has 0 aromatic carbocycles. The minimum atomic E-state index is -3.49. The number of ether oxygens (including phenoxy) is 1. The summed E-state index contributed by atoms with van der Waals surface area (Å²) in [6, 6.07) is 0.184. The number of hydrogen-bond donors (Lipinski definition) is 6. The van der Waals surface area contributed by atoms with Crippen LogP contribution in [0.5, 0.6) is 0 Å². The fraction of sp³-hybridized carbons (Fsp3) is 0.986. The maximum Gasteiger partial charge on any atom is 0.274 e. The number of carbonyl (C=O) groups is 1. The number of nitrogens with one attached hydrogen (secondary N) is 2. The van der Waals surface area contributed by atoms with Gasteiger partial charge in [0.1, 0.15) is 15.6 Å². The molecular weight excluding hydrogens is 1190 g/mol. The lowest BCUT2D eigenvalue weighted by atomic mass is 9.79. The van der Waals surface area contributed by atoms with Crippen LogP contribution in [0.4, 0.5) is 0 Å². The van der Waals surface area contributed by atoms with Crippen molar-refractivity contribution in [2.75, 3.05) is 45.5 Å². The van der Waals surface area contributed by atoms with Gasteiger partial charge in [-0.2, -0.15) is 8.42 Å². The Bertz CT molecular complexity index is 1860. The van der Waals surface area contributed by atoms with Crippen LogP contribution >= 0.6 is 0 Å².